The number of hydrogen-bond donors (Lipinski definition) is 2. The number of fused-ring (bicyclic) bond motifs is 1. The molecule has 0 atom stereocenters. The van der Waals surface area contributed by atoms with Crippen molar-refractivity contribution < 1.29 is 14.3 Å². The maximum atomic E-state index is 12.2. The minimum Gasteiger partial charge on any atom is -0.507 e. The average molecular weight is 338 g/mol. The third-order valence-corrected chi connectivity index (χ3v) is 4.08. The molecule has 0 bridgehead atoms. The van der Waals surface area contributed by atoms with Gasteiger partial charge in [-0.3, -0.25) is 9.78 Å². The molecule has 1 aromatic carbocycles. The van der Waals surface area contributed by atoms with Crippen LogP contribution in [0.2, 0.25) is 0 Å². The van der Waals surface area contributed by atoms with E-state index in [0.29, 0.717) is 23.1 Å². The summed E-state index contributed by atoms with van der Waals surface area (Å²) in [4.78, 5) is 28.4. The van der Waals surface area contributed by atoms with E-state index in [1.807, 2.05) is 0 Å². The summed E-state index contributed by atoms with van der Waals surface area (Å²) in [6.07, 6.45) is 3.19. The second-order valence-electron chi connectivity index (χ2n) is 5.96. The fourth-order valence-electron chi connectivity index (χ4n) is 2.79. The number of phenolic OH excluding ortho intramolecular Hbond substituents is 1. The van der Waals surface area contributed by atoms with Crippen molar-refractivity contribution in [1.29, 1.82) is 0 Å². The monoisotopic (exact) mass is 338 g/mol. The average Bonchev–Trinajstić information content (AvgIpc) is 2.57. The molecule has 0 saturated heterocycles. The maximum absolute atomic E-state index is 12.2. The summed E-state index contributed by atoms with van der Waals surface area (Å²) in [6.45, 7) is 3.86. The van der Waals surface area contributed by atoms with E-state index in [1.165, 1.54) is 0 Å². The predicted octanol–water partition coefficient (Wildman–Crippen LogP) is 2.37. The minimum absolute atomic E-state index is 0.0368. The van der Waals surface area contributed by atoms with Gasteiger partial charge in [-0.05, 0) is 54.8 Å². The van der Waals surface area contributed by atoms with Gasteiger partial charge in [-0.2, -0.15) is 0 Å². The van der Waals surface area contributed by atoms with Gasteiger partial charge in [-0.25, -0.2) is 4.79 Å². The number of carbonyl (C=O) groups excluding carboxylic acids is 1. The molecule has 128 valence electrons. The number of nitrogens with zero attached hydrogens (tertiary/aromatic N) is 1. The van der Waals surface area contributed by atoms with Crippen molar-refractivity contribution in [2.75, 3.05) is 0 Å². The summed E-state index contributed by atoms with van der Waals surface area (Å²) in [6, 6.07) is 6.89. The molecular formula is C19H18N2O4. The van der Waals surface area contributed by atoms with E-state index in [0.717, 1.165) is 11.1 Å². The molecule has 0 unspecified atom stereocenters. The molecule has 3 rings (SSSR count). The van der Waals surface area contributed by atoms with Gasteiger partial charge >= 0.3 is 5.63 Å². The fraction of sp³-hybridized carbons (Fsp3) is 0.211. The Bertz CT molecular complexity index is 994. The van der Waals surface area contributed by atoms with Gasteiger partial charge in [0.2, 0.25) is 5.91 Å². The molecular weight excluding hydrogens is 320 g/mol. The molecule has 2 N–H and O–H groups in total. The lowest BCUT2D eigenvalue weighted by molar-refractivity contribution is -0.120. The minimum atomic E-state index is -0.561. The second-order valence-corrected chi connectivity index (χ2v) is 5.96. The lowest BCUT2D eigenvalue weighted by atomic mass is 10.0. The molecule has 0 spiro atoms. The Morgan fingerprint density at radius 1 is 1.24 bits per heavy atom. The number of rotatable bonds is 4. The molecule has 25 heavy (non-hydrogen) atoms. The number of aryl methyl sites for hydroxylation is 2. The normalized spacial score (nSPS) is 10.8. The van der Waals surface area contributed by atoms with E-state index in [-0.39, 0.29) is 23.6 Å². The van der Waals surface area contributed by atoms with E-state index in [9.17, 15) is 14.7 Å². The van der Waals surface area contributed by atoms with E-state index in [4.69, 9.17) is 4.42 Å². The number of nitrogens with one attached hydrogen (secondary N) is 1. The van der Waals surface area contributed by atoms with Gasteiger partial charge in [0.1, 0.15) is 11.3 Å². The number of aromatic nitrogens is 1. The van der Waals surface area contributed by atoms with E-state index >= 15 is 0 Å². The van der Waals surface area contributed by atoms with Gasteiger partial charge in [-0.1, -0.05) is 0 Å². The Morgan fingerprint density at radius 2 is 1.96 bits per heavy atom. The number of benzene rings is 1. The summed E-state index contributed by atoms with van der Waals surface area (Å²) in [7, 11) is 0. The Morgan fingerprint density at radius 3 is 2.68 bits per heavy atom. The van der Waals surface area contributed by atoms with Crippen LogP contribution in [0.25, 0.3) is 11.0 Å². The topological polar surface area (TPSA) is 92.4 Å². The van der Waals surface area contributed by atoms with Gasteiger partial charge in [0.15, 0.2) is 0 Å². The number of pyridine rings is 1. The molecule has 6 heteroatoms. The largest absolute Gasteiger partial charge is 0.507 e. The highest BCUT2D eigenvalue weighted by molar-refractivity contribution is 5.89. The van der Waals surface area contributed by atoms with Crippen LogP contribution in [0.1, 0.15) is 22.3 Å². The Hall–Kier alpha value is -3.15. The molecule has 0 aliphatic carbocycles. The lowest BCUT2D eigenvalue weighted by Gasteiger charge is -2.10. The van der Waals surface area contributed by atoms with Crippen molar-refractivity contribution in [2.24, 2.45) is 0 Å². The zero-order chi connectivity index (χ0) is 18.0. The van der Waals surface area contributed by atoms with Crippen LogP contribution in [-0.2, 0) is 17.8 Å². The van der Waals surface area contributed by atoms with Gasteiger partial charge in [0.25, 0.3) is 0 Å². The van der Waals surface area contributed by atoms with Crippen molar-refractivity contribution >= 4 is 16.9 Å². The molecule has 0 fully saturated rings. The highest BCUT2D eigenvalue weighted by Crippen LogP contribution is 2.29. The van der Waals surface area contributed by atoms with Gasteiger partial charge in [0.05, 0.1) is 17.4 Å². The van der Waals surface area contributed by atoms with Crippen LogP contribution in [0.5, 0.6) is 5.75 Å². The van der Waals surface area contributed by atoms with Crippen LogP contribution >= 0.6 is 0 Å². The zero-order valence-corrected chi connectivity index (χ0v) is 14.0. The molecule has 0 radical (unpaired) electrons. The van der Waals surface area contributed by atoms with E-state index < -0.39 is 5.63 Å². The summed E-state index contributed by atoms with van der Waals surface area (Å²) < 4.78 is 5.30. The first-order valence-corrected chi connectivity index (χ1v) is 7.87. The second kappa shape index (κ2) is 6.76. The molecule has 6 nitrogen and oxygen atoms in total. The number of phenols is 1. The molecule has 0 aliphatic heterocycles. The van der Waals surface area contributed by atoms with Crippen molar-refractivity contribution in [1.82, 2.24) is 10.3 Å². The maximum Gasteiger partial charge on any atom is 0.340 e. The first-order chi connectivity index (χ1) is 12.0. The smallest absolute Gasteiger partial charge is 0.340 e. The first kappa shape index (κ1) is 16.7. The summed E-state index contributed by atoms with van der Waals surface area (Å²) in [5.41, 5.74) is 2.27. The standard InChI is InChI=1S/C19H18N2O4/c1-11-7-15(22)18-12(2)14(19(24)25-16(18)8-11)9-17(23)21-10-13-3-5-20-6-4-13/h3-8,22H,9-10H2,1-2H3,(H,21,23). The molecule has 3 aromatic rings. The van der Waals surface area contributed by atoms with Crippen molar-refractivity contribution in [3.63, 3.8) is 0 Å². The predicted molar refractivity (Wildman–Crippen MR) is 93.4 cm³/mol. The molecule has 2 aromatic heterocycles. The van der Waals surface area contributed by atoms with Crippen LogP contribution in [0, 0.1) is 13.8 Å². The fourth-order valence-corrected chi connectivity index (χ4v) is 2.79. The van der Waals surface area contributed by atoms with E-state index in [2.05, 4.69) is 10.3 Å². The number of amides is 1. The number of aromatic hydroxyl groups is 1. The van der Waals surface area contributed by atoms with Crippen LogP contribution < -0.4 is 10.9 Å². The number of carbonyl (C=O) groups is 1. The van der Waals surface area contributed by atoms with Gasteiger partial charge in [-0.15, -0.1) is 0 Å². The summed E-state index contributed by atoms with van der Waals surface area (Å²) >= 11 is 0. The zero-order valence-electron chi connectivity index (χ0n) is 14.0. The Labute approximate surface area is 144 Å². The molecule has 2 heterocycles. The first-order valence-electron chi connectivity index (χ1n) is 7.87. The quantitative estimate of drug-likeness (QED) is 0.713. The molecule has 1 amide bonds. The lowest BCUT2D eigenvalue weighted by Crippen LogP contribution is -2.27. The Balaban J connectivity index is 1.86. The van der Waals surface area contributed by atoms with Crippen LogP contribution in [0.4, 0.5) is 0 Å². The summed E-state index contributed by atoms with van der Waals surface area (Å²) in [5, 5.41) is 13.4. The highest BCUT2D eigenvalue weighted by atomic mass is 16.4. The van der Waals surface area contributed by atoms with Crippen LogP contribution in [0.15, 0.2) is 45.9 Å². The van der Waals surface area contributed by atoms with Crippen LogP contribution in [0.3, 0.4) is 0 Å². The molecule has 0 aliphatic rings. The van der Waals surface area contributed by atoms with Gasteiger partial charge in [0, 0.05) is 18.9 Å². The van der Waals surface area contributed by atoms with Gasteiger partial charge < -0.3 is 14.8 Å². The molecule has 0 saturated carbocycles. The third kappa shape index (κ3) is 3.52. The van der Waals surface area contributed by atoms with Crippen LogP contribution in [-0.4, -0.2) is 16.0 Å². The van der Waals surface area contributed by atoms with Crippen molar-refractivity contribution in [2.45, 2.75) is 26.8 Å². The van der Waals surface area contributed by atoms with Crippen molar-refractivity contribution in [3.05, 3.63) is 69.3 Å². The summed E-state index contributed by atoms with van der Waals surface area (Å²) in [5.74, 6) is -0.257. The SMILES string of the molecule is Cc1cc(O)c2c(C)c(CC(=O)NCc3ccncc3)c(=O)oc2c1. The number of hydrogen-bond acceptors (Lipinski definition) is 5. The van der Waals surface area contributed by atoms with E-state index in [1.54, 1.807) is 50.5 Å². The highest BCUT2D eigenvalue weighted by Gasteiger charge is 2.17. The van der Waals surface area contributed by atoms with Crippen molar-refractivity contribution in [3.8, 4) is 5.75 Å². The third-order valence-electron chi connectivity index (χ3n) is 4.08. The Kier molecular flexibility index (Phi) is 4.52.